The van der Waals surface area contributed by atoms with Gasteiger partial charge in [-0.2, -0.15) is 0 Å². The zero-order valence-corrected chi connectivity index (χ0v) is 20.5. The van der Waals surface area contributed by atoms with Crippen LogP contribution in [0.5, 0.6) is 0 Å². The van der Waals surface area contributed by atoms with Gasteiger partial charge in [0.2, 0.25) is 0 Å². The molecule has 1 aliphatic carbocycles. The summed E-state index contributed by atoms with van der Waals surface area (Å²) in [5.74, 6) is -1.68. The van der Waals surface area contributed by atoms with Gasteiger partial charge in [-0.15, -0.1) is 9.78 Å². The van der Waals surface area contributed by atoms with Crippen molar-refractivity contribution in [3.05, 3.63) is 0 Å². The van der Waals surface area contributed by atoms with Crippen molar-refractivity contribution in [2.24, 2.45) is 22.7 Å². The molecule has 0 bridgehead atoms. The van der Waals surface area contributed by atoms with Crippen LogP contribution in [0.1, 0.15) is 113 Å². The van der Waals surface area contributed by atoms with Crippen molar-refractivity contribution in [2.45, 2.75) is 119 Å². The van der Waals surface area contributed by atoms with Crippen molar-refractivity contribution in [1.29, 1.82) is 0 Å². The van der Waals surface area contributed by atoms with Crippen LogP contribution in [0.15, 0.2) is 0 Å². The average Bonchev–Trinajstić information content (AvgIpc) is 2.56. The summed E-state index contributed by atoms with van der Waals surface area (Å²) in [6.07, 6.45) is 6.16. The van der Waals surface area contributed by atoms with E-state index in [-0.39, 0.29) is 35.5 Å². The number of carbonyl (C=O) groups is 2. The molecular weight excluding hydrogens is 384 g/mol. The first kappa shape index (κ1) is 26.9. The molecule has 0 spiro atoms. The topological polar surface area (TPSA) is 71.1 Å². The summed E-state index contributed by atoms with van der Waals surface area (Å²) in [6, 6.07) is 0. The van der Waals surface area contributed by atoms with Gasteiger partial charge in [-0.3, -0.25) is 9.78 Å². The monoisotopic (exact) mass is 428 g/mol. The quantitative estimate of drug-likeness (QED) is 0.224. The van der Waals surface area contributed by atoms with Crippen LogP contribution in [0.4, 0.5) is 0 Å². The third kappa shape index (κ3) is 11.9. The normalized spacial score (nSPS) is 19.1. The van der Waals surface area contributed by atoms with Crippen molar-refractivity contribution in [3.8, 4) is 0 Å². The average molecular weight is 429 g/mol. The Morgan fingerprint density at radius 1 is 0.733 bits per heavy atom. The van der Waals surface area contributed by atoms with Crippen LogP contribution in [0.25, 0.3) is 0 Å². The number of carbonyl (C=O) groups excluding carboxylic acids is 2. The summed E-state index contributed by atoms with van der Waals surface area (Å²) in [5, 5.41) is 0. The van der Waals surface area contributed by atoms with Crippen LogP contribution in [-0.2, 0) is 29.1 Å². The number of rotatable bonds is 10. The molecule has 0 aromatic heterocycles. The van der Waals surface area contributed by atoms with Crippen LogP contribution in [0, 0.1) is 22.7 Å². The van der Waals surface area contributed by atoms with E-state index in [0.717, 1.165) is 32.1 Å². The van der Waals surface area contributed by atoms with E-state index in [1.54, 1.807) is 0 Å². The maximum Gasteiger partial charge on any atom is 0.342 e. The molecule has 30 heavy (non-hydrogen) atoms. The fraction of sp³-hybridized carbons (Fsp3) is 0.917. The first-order valence-corrected chi connectivity index (χ1v) is 11.5. The van der Waals surface area contributed by atoms with E-state index in [4.69, 9.17) is 19.6 Å². The van der Waals surface area contributed by atoms with Crippen LogP contribution in [-0.4, -0.2) is 17.7 Å². The molecule has 0 saturated heterocycles. The van der Waals surface area contributed by atoms with E-state index in [2.05, 4.69) is 41.5 Å². The minimum absolute atomic E-state index is 0.145. The Labute approximate surface area is 183 Å². The van der Waals surface area contributed by atoms with Gasteiger partial charge < -0.3 is 0 Å². The van der Waals surface area contributed by atoms with Crippen molar-refractivity contribution in [2.75, 3.05) is 0 Å². The van der Waals surface area contributed by atoms with Gasteiger partial charge in [0.05, 0.1) is 12.8 Å². The molecule has 2 atom stereocenters. The zero-order valence-electron chi connectivity index (χ0n) is 20.5. The molecule has 0 radical (unpaired) electrons. The number of hydrogen-bond donors (Lipinski definition) is 0. The van der Waals surface area contributed by atoms with E-state index < -0.39 is 17.7 Å². The summed E-state index contributed by atoms with van der Waals surface area (Å²) in [6.45, 7) is 16.9. The minimum Gasteiger partial charge on any atom is -0.295 e. The van der Waals surface area contributed by atoms with Gasteiger partial charge in [-0.1, -0.05) is 61.8 Å². The summed E-state index contributed by atoms with van der Waals surface area (Å²) in [5.41, 5.74) is 0.291. The van der Waals surface area contributed by atoms with E-state index >= 15 is 0 Å². The fourth-order valence-electron chi connectivity index (χ4n) is 4.39. The van der Waals surface area contributed by atoms with Gasteiger partial charge in [-0.05, 0) is 48.3 Å². The van der Waals surface area contributed by atoms with Crippen LogP contribution < -0.4 is 0 Å². The number of hydrogen-bond acceptors (Lipinski definition) is 6. The molecule has 1 saturated carbocycles. The summed E-state index contributed by atoms with van der Waals surface area (Å²) >= 11 is 0. The van der Waals surface area contributed by atoms with Crippen molar-refractivity contribution < 1.29 is 29.1 Å². The Kier molecular flexibility index (Phi) is 10.3. The van der Waals surface area contributed by atoms with Crippen LogP contribution >= 0.6 is 0 Å². The molecule has 0 aromatic rings. The Morgan fingerprint density at radius 3 is 1.43 bits per heavy atom. The van der Waals surface area contributed by atoms with Gasteiger partial charge in [0.15, 0.2) is 0 Å². The van der Waals surface area contributed by atoms with Crippen LogP contribution in [0.2, 0.25) is 0 Å². The first-order chi connectivity index (χ1) is 13.7. The summed E-state index contributed by atoms with van der Waals surface area (Å²) < 4.78 is 0. The summed E-state index contributed by atoms with van der Waals surface area (Å²) in [4.78, 5) is 45.5. The molecule has 0 N–H and O–H groups in total. The second-order valence-electron chi connectivity index (χ2n) is 11.7. The highest BCUT2D eigenvalue weighted by Gasteiger charge is 2.40. The Hall–Kier alpha value is -1.14. The third-order valence-corrected chi connectivity index (χ3v) is 5.14. The maximum atomic E-state index is 12.2. The van der Waals surface area contributed by atoms with E-state index in [9.17, 15) is 9.59 Å². The predicted octanol–water partition coefficient (Wildman–Crippen LogP) is 6.52. The van der Waals surface area contributed by atoms with Crippen molar-refractivity contribution in [1.82, 2.24) is 0 Å². The lowest BCUT2D eigenvalue weighted by molar-refractivity contribution is -0.487. The highest BCUT2D eigenvalue weighted by atomic mass is 17.3. The molecule has 2 unspecified atom stereocenters. The highest BCUT2D eigenvalue weighted by Crippen LogP contribution is 2.34. The second-order valence-corrected chi connectivity index (χ2v) is 11.7. The van der Waals surface area contributed by atoms with Gasteiger partial charge in [0.1, 0.15) is 0 Å². The minimum atomic E-state index is -1.20. The van der Waals surface area contributed by atoms with Crippen molar-refractivity contribution in [3.63, 3.8) is 0 Å². The van der Waals surface area contributed by atoms with Gasteiger partial charge in [-0.25, -0.2) is 9.59 Å². The van der Waals surface area contributed by atoms with Gasteiger partial charge in [0.25, 0.3) is 5.79 Å². The SMILES string of the molecule is CC(CC(=O)OOC1(OOC(=O)CC(C)CC(C)(C)C)CCCCC1)CC(C)(C)C. The van der Waals surface area contributed by atoms with Gasteiger partial charge >= 0.3 is 11.9 Å². The Morgan fingerprint density at radius 2 is 1.10 bits per heavy atom. The lowest BCUT2D eigenvalue weighted by Crippen LogP contribution is -2.40. The van der Waals surface area contributed by atoms with Crippen LogP contribution in [0.3, 0.4) is 0 Å². The van der Waals surface area contributed by atoms with E-state index in [1.807, 2.05) is 13.8 Å². The van der Waals surface area contributed by atoms with Crippen molar-refractivity contribution >= 4 is 11.9 Å². The highest BCUT2D eigenvalue weighted by molar-refractivity contribution is 5.69. The lowest BCUT2D eigenvalue weighted by atomic mass is 9.84. The molecule has 0 amide bonds. The Balaban J connectivity index is 2.53. The fourth-order valence-corrected chi connectivity index (χ4v) is 4.39. The van der Waals surface area contributed by atoms with E-state index in [1.165, 1.54) is 0 Å². The summed E-state index contributed by atoms with van der Waals surface area (Å²) in [7, 11) is 0. The molecule has 0 aliphatic heterocycles. The smallest absolute Gasteiger partial charge is 0.295 e. The molecule has 0 heterocycles. The molecule has 0 aromatic carbocycles. The molecule has 6 nitrogen and oxygen atoms in total. The maximum absolute atomic E-state index is 12.2. The molecule has 1 aliphatic rings. The van der Waals surface area contributed by atoms with E-state index in [0.29, 0.717) is 12.8 Å². The zero-order chi connectivity index (χ0) is 23.0. The predicted molar refractivity (Wildman–Crippen MR) is 116 cm³/mol. The Bertz CT molecular complexity index is 495. The lowest BCUT2D eigenvalue weighted by Gasteiger charge is -2.32. The standard InChI is InChI=1S/C24H44O6/c1-18(16-22(3,4)5)14-20(25)27-29-24(12-10-9-11-13-24)30-28-21(26)15-19(2)17-23(6,7)8/h18-19H,9-17H2,1-8H3. The molecule has 6 heteroatoms. The largest absolute Gasteiger partial charge is 0.342 e. The molecule has 176 valence electrons. The molecular formula is C24H44O6. The second kappa shape index (κ2) is 11.5. The molecule has 1 rings (SSSR count). The third-order valence-electron chi connectivity index (χ3n) is 5.14. The first-order valence-electron chi connectivity index (χ1n) is 11.5. The van der Waals surface area contributed by atoms with Gasteiger partial charge in [0, 0.05) is 12.8 Å². The molecule has 1 fully saturated rings.